The molecule has 4 nitrogen and oxygen atoms in total. The van der Waals surface area contributed by atoms with Gasteiger partial charge in [-0.2, -0.15) is 0 Å². The van der Waals surface area contributed by atoms with Crippen molar-refractivity contribution in [3.8, 4) is 0 Å². The molecular weight excluding hydrogens is 424 g/mol. The van der Waals surface area contributed by atoms with E-state index in [4.69, 9.17) is 4.84 Å². The first-order chi connectivity index (χ1) is 11.0. The maximum absolute atomic E-state index is 11.1. The Morgan fingerprint density at radius 2 is 1.96 bits per heavy atom. The highest BCUT2D eigenvalue weighted by Gasteiger charge is 2.23. The van der Waals surface area contributed by atoms with Crippen molar-refractivity contribution in [2.24, 2.45) is 5.16 Å². The van der Waals surface area contributed by atoms with E-state index >= 15 is 0 Å². The lowest BCUT2D eigenvalue weighted by atomic mass is 10.0. The zero-order valence-corrected chi connectivity index (χ0v) is 15.4. The molecule has 6 heteroatoms. The molecule has 4 rings (SSSR count). The Hall–Kier alpha value is -1.66. The molecule has 0 unspecified atom stereocenters. The van der Waals surface area contributed by atoms with Crippen LogP contribution in [0.4, 0.5) is 0 Å². The van der Waals surface area contributed by atoms with Crippen molar-refractivity contribution in [3.05, 3.63) is 44.8 Å². The smallest absolute Gasteiger partial charge is 0.331 e. The molecule has 0 N–H and O–H groups in total. The summed E-state index contributed by atoms with van der Waals surface area (Å²) in [6.07, 6.45) is 0.728. The number of aromatic nitrogens is 1. The van der Waals surface area contributed by atoms with E-state index in [-0.39, 0.29) is 0 Å². The predicted molar refractivity (Wildman–Crippen MR) is 97.8 cm³/mol. The number of carbonyl (C=O) groups excluding carboxylic acids is 1. The Labute approximate surface area is 149 Å². The molecule has 3 aromatic rings. The van der Waals surface area contributed by atoms with Gasteiger partial charge in [0.2, 0.25) is 0 Å². The largest absolute Gasteiger partial charge is 0.340 e. The fraction of sp³-hybridized carbons (Fsp3) is 0.176. The van der Waals surface area contributed by atoms with Gasteiger partial charge in [-0.1, -0.05) is 37.0 Å². The van der Waals surface area contributed by atoms with Crippen molar-refractivity contribution in [1.29, 1.82) is 0 Å². The summed E-state index contributed by atoms with van der Waals surface area (Å²) in [5, 5.41) is 6.43. The van der Waals surface area contributed by atoms with E-state index in [1.54, 1.807) is 0 Å². The van der Waals surface area contributed by atoms with Crippen LogP contribution in [0.25, 0.3) is 21.8 Å². The summed E-state index contributed by atoms with van der Waals surface area (Å²) in [4.78, 5) is 15.9. The number of rotatable bonds is 1. The Morgan fingerprint density at radius 3 is 2.74 bits per heavy atom. The first-order valence-electron chi connectivity index (χ1n) is 7.20. The number of carbonyl (C=O) groups is 1. The van der Waals surface area contributed by atoms with Crippen LogP contribution in [0, 0.1) is 0 Å². The van der Waals surface area contributed by atoms with Crippen LogP contribution in [0.3, 0.4) is 0 Å². The molecule has 0 atom stereocenters. The SMILES string of the molecule is CC(=O)O/N=C1\CCn2c3ccc(Br)cc3c3cc(Br)cc1c32. The maximum atomic E-state index is 11.1. The van der Waals surface area contributed by atoms with E-state index in [0.717, 1.165) is 38.7 Å². The number of aryl methyl sites for hydroxylation is 1. The highest BCUT2D eigenvalue weighted by Crippen LogP contribution is 2.38. The number of halogens is 2. The highest BCUT2D eigenvalue weighted by molar-refractivity contribution is 9.10. The monoisotopic (exact) mass is 434 g/mol. The number of oxime groups is 1. The minimum Gasteiger partial charge on any atom is -0.340 e. The summed E-state index contributed by atoms with van der Waals surface area (Å²) in [5.41, 5.74) is 4.16. The van der Waals surface area contributed by atoms with Crippen LogP contribution in [0.2, 0.25) is 0 Å². The van der Waals surface area contributed by atoms with E-state index in [9.17, 15) is 4.79 Å². The zero-order chi connectivity index (χ0) is 16.1. The van der Waals surface area contributed by atoms with Crippen LogP contribution < -0.4 is 0 Å². The summed E-state index contributed by atoms with van der Waals surface area (Å²) < 4.78 is 4.35. The van der Waals surface area contributed by atoms with Gasteiger partial charge in [0.1, 0.15) is 0 Å². The predicted octanol–water partition coefficient (Wildman–Crippen LogP) is 4.99. The molecular formula is C17H12Br2N2O2. The van der Waals surface area contributed by atoms with Crippen molar-refractivity contribution in [2.75, 3.05) is 0 Å². The standard InChI is InChI=1S/C17H12Br2N2O2/c1-9(22)23-20-15-4-5-21-16-3-2-10(18)6-12(16)13-7-11(19)8-14(15)17(13)21/h2-3,6-8H,4-5H2,1H3/b20-15+. The Kier molecular flexibility index (Phi) is 3.54. The van der Waals surface area contributed by atoms with Crippen molar-refractivity contribution in [1.82, 2.24) is 4.57 Å². The second-order valence-electron chi connectivity index (χ2n) is 5.53. The van der Waals surface area contributed by atoms with Crippen molar-refractivity contribution < 1.29 is 9.63 Å². The summed E-state index contributed by atoms with van der Waals surface area (Å²) in [5.74, 6) is -0.404. The van der Waals surface area contributed by atoms with Crippen LogP contribution in [-0.4, -0.2) is 16.2 Å². The van der Waals surface area contributed by atoms with Gasteiger partial charge in [-0.3, -0.25) is 0 Å². The average molecular weight is 436 g/mol. The van der Waals surface area contributed by atoms with Crippen LogP contribution in [0.5, 0.6) is 0 Å². The Bertz CT molecular complexity index is 1000. The van der Waals surface area contributed by atoms with E-state index in [2.05, 4.69) is 65.8 Å². The number of fused-ring (bicyclic) bond motifs is 3. The number of hydrogen-bond acceptors (Lipinski definition) is 3. The number of benzene rings is 2. The van der Waals surface area contributed by atoms with E-state index in [1.807, 2.05) is 6.07 Å². The van der Waals surface area contributed by atoms with Crippen molar-refractivity contribution in [2.45, 2.75) is 19.9 Å². The molecule has 1 aliphatic rings. The number of nitrogens with zero attached hydrogens (tertiary/aromatic N) is 2. The van der Waals surface area contributed by atoms with Gasteiger partial charge >= 0.3 is 5.97 Å². The molecule has 2 aromatic carbocycles. The summed E-state index contributed by atoms with van der Waals surface area (Å²) in [6.45, 7) is 2.17. The van der Waals surface area contributed by atoms with Crippen LogP contribution in [-0.2, 0) is 16.2 Å². The third kappa shape index (κ3) is 2.40. The first-order valence-corrected chi connectivity index (χ1v) is 8.79. The van der Waals surface area contributed by atoms with Crippen LogP contribution in [0.1, 0.15) is 18.9 Å². The third-order valence-electron chi connectivity index (χ3n) is 4.05. The molecule has 0 fully saturated rings. The Morgan fingerprint density at radius 1 is 1.17 bits per heavy atom. The molecule has 0 aliphatic carbocycles. The van der Waals surface area contributed by atoms with Gasteiger partial charge in [0.15, 0.2) is 0 Å². The topological polar surface area (TPSA) is 43.6 Å². The minimum absolute atomic E-state index is 0.404. The molecule has 0 amide bonds. The molecule has 0 spiro atoms. The molecule has 0 radical (unpaired) electrons. The van der Waals surface area contributed by atoms with E-state index < -0.39 is 5.97 Å². The molecule has 0 saturated heterocycles. The Balaban J connectivity index is 2.08. The molecule has 0 saturated carbocycles. The van der Waals surface area contributed by atoms with Gasteiger partial charge in [-0.15, -0.1) is 0 Å². The molecule has 2 heterocycles. The summed E-state index contributed by atoms with van der Waals surface area (Å²) in [7, 11) is 0. The van der Waals surface area contributed by atoms with E-state index in [0.29, 0.717) is 0 Å². The lowest BCUT2D eigenvalue weighted by Gasteiger charge is -2.18. The average Bonchev–Trinajstić information content (AvgIpc) is 2.81. The van der Waals surface area contributed by atoms with Crippen LogP contribution >= 0.6 is 31.9 Å². The van der Waals surface area contributed by atoms with Gasteiger partial charge in [0.05, 0.1) is 11.2 Å². The van der Waals surface area contributed by atoms with Gasteiger partial charge in [-0.25, -0.2) is 4.79 Å². The minimum atomic E-state index is -0.404. The van der Waals surface area contributed by atoms with Gasteiger partial charge in [-0.05, 0) is 30.3 Å². The highest BCUT2D eigenvalue weighted by atomic mass is 79.9. The molecule has 1 aliphatic heterocycles. The maximum Gasteiger partial charge on any atom is 0.331 e. The molecule has 23 heavy (non-hydrogen) atoms. The van der Waals surface area contributed by atoms with Gasteiger partial charge < -0.3 is 9.40 Å². The quantitative estimate of drug-likeness (QED) is 0.399. The lowest BCUT2D eigenvalue weighted by Crippen LogP contribution is -2.16. The summed E-state index contributed by atoms with van der Waals surface area (Å²) in [6, 6.07) is 10.5. The fourth-order valence-corrected chi connectivity index (χ4v) is 4.01. The summed E-state index contributed by atoms with van der Waals surface area (Å²) >= 11 is 7.14. The zero-order valence-electron chi connectivity index (χ0n) is 12.3. The van der Waals surface area contributed by atoms with Crippen molar-refractivity contribution >= 4 is 65.3 Å². The molecule has 1 aromatic heterocycles. The van der Waals surface area contributed by atoms with E-state index in [1.165, 1.54) is 23.2 Å². The molecule has 0 bridgehead atoms. The second-order valence-corrected chi connectivity index (χ2v) is 7.36. The normalized spacial score (nSPS) is 15.5. The van der Waals surface area contributed by atoms with Gasteiger partial charge in [0, 0.05) is 50.7 Å². The van der Waals surface area contributed by atoms with Crippen LogP contribution in [0.15, 0.2) is 44.4 Å². The lowest BCUT2D eigenvalue weighted by molar-refractivity contribution is -0.140. The fourth-order valence-electron chi connectivity index (χ4n) is 3.19. The first kappa shape index (κ1) is 14.9. The van der Waals surface area contributed by atoms with Gasteiger partial charge in [0.25, 0.3) is 0 Å². The van der Waals surface area contributed by atoms with Crippen molar-refractivity contribution in [3.63, 3.8) is 0 Å². The molecule has 116 valence electrons. The third-order valence-corrected chi connectivity index (χ3v) is 5.00. The number of hydrogen-bond donors (Lipinski definition) is 0. The second kappa shape index (κ2) is 5.46.